The van der Waals surface area contributed by atoms with Crippen LogP contribution in [0.2, 0.25) is 0 Å². The zero-order valence-corrected chi connectivity index (χ0v) is 16.9. The van der Waals surface area contributed by atoms with E-state index in [2.05, 4.69) is 52.8 Å². The molecule has 1 N–H and O–H groups in total. The molecule has 2 aromatic heterocycles. The molecule has 0 bridgehead atoms. The minimum atomic E-state index is 0.295. The largest absolute Gasteiger partial charge is 0.308 e. The van der Waals surface area contributed by atoms with Gasteiger partial charge in [0.05, 0.1) is 12.2 Å². The van der Waals surface area contributed by atoms with Crippen LogP contribution in [0.4, 0.5) is 0 Å². The highest BCUT2D eigenvalue weighted by molar-refractivity contribution is 5.63. The number of aryl methyl sites for hydroxylation is 1. The second-order valence-electron chi connectivity index (χ2n) is 8.03. The fourth-order valence-electron chi connectivity index (χ4n) is 4.22. The number of aromatic nitrogens is 5. The van der Waals surface area contributed by atoms with E-state index in [1.807, 2.05) is 16.4 Å². The molecule has 148 valence electrons. The minimum Gasteiger partial charge on any atom is -0.308 e. The van der Waals surface area contributed by atoms with Crippen molar-refractivity contribution in [1.82, 2.24) is 29.9 Å². The molecular formula is C22H30N6. The average molecular weight is 379 g/mol. The molecule has 0 radical (unpaired) electrons. The summed E-state index contributed by atoms with van der Waals surface area (Å²) in [5.41, 5.74) is 4.97. The number of nitrogens with zero attached hydrogens (tertiary/aromatic N) is 5. The van der Waals surface area contributed by atoms with E-state index >= 15 is 0 Å². The van der Waals surface area contributed by atoms with E-state index in [0.29, 0.717) is 6.04 Å². The summed E-state index contributed by atoms with van der Waals surface area (Å²) < 4.78 is 3.76. The van der Waals surface area contributed by atoms with Gasteiger partial charge in [-0.3, -0.25) is 9.36 Å². The Labute approximate surface area is 167 Å². The summed E-state index contributed by atoms with van der Waals surface area (Å²) in [5.74, 6) is 0.741. The summed E-state index contributed by atoms with van der Waals surface area (Å²) in [6.45, 7) is 3.74. The van der Waals surface area contributed by atoms with Crippen LogP contribution < -0.4 is 5.32 Å². The van der Waals surface area contributed by atoms with Crippen molar-refractivity contribution in [3.05, 3.63) is 54.2 Å². The highest BCUT2D eigenvalue weighted by Crippen LogP contribution is 2.33. The Kier molecular flexibility index (Phi) is 5.86. The maximum Gasteiger partial charge on any atom is 0.137 e. The molecule has 1 aromatic carbocycles. The van der Waals surface area contributed by atoms with Gasteiger partial charge in [-0.05, 0) is 31.2 Å². The van der Waals surface area contributed by atoms with Gasteiger partial charge < -0.3 is 5.32 Å². The predicted molar refractivity (Wildman–Crippen MR) is 111 cm³/mol. The van der Waals surface area contributed by atoms with E-state index in [1.54, 1.807) is 12.7 Å². The Morgan fingerprint density at radius 2 is 1.93 bits per heavy atom. The van der Waals surface area contributed by atoms with E-state index in [-0.39, 0.29) is 0 Å². The SMILES string of the molecule is C[C@H](Cn1cncn1)NCc1cn(C)nc1-c1ccc(C2CCCCC2)cc1. The van der Waals surface area contributed by atoms with Crippen LogP contribution in [0.25, 0.3) is 11.3 Å². The topological polar surface area (TPSA) is 60.6 Å². The van der Waals surface area contributed by atoms with Crippen LogP contribution in [0.3, 0.4) is 0 Å². The monoisotopic (exact) mass is 378 g/mol. The average Bonchev–Trinajstić information content (AvgIpc) is 3.36. The third kappa shape index (κ3) is 4.50. The molecule has 6 nitrogen and oxygen atoms in total. The predicted octanol–water partition coefficient (Wildman–Crippen LogP) is 3.90. The molecule has 0 saturated heterocycles. The Hall–Kier alpha value is -2.47. The molecule has 1 saturated carbocycles. The summed E-state index contributed by atoms with van der Waals surface area (Å²) in [7, 11) is 1.99. The van der Waals surface area contributed by atoms with Gasteiger partial charge in [-0.1, -0.05) is 43.5 Å². The first-order valence-corrected chi connectivity index (χ1v) is 10.4. The van der Waals surface area contributed by atoms with Gasteiger partial charge in [-0.15, -0.1) is 0 Å². The molecule has 4 rings (SSSR count). The highest BCUT2D eigenvalue weighted by atomic mass is 15.3. The molecule has 0 aliphatic heterocycles. The van der Waals surface area contributed by atoms with Crippen LogP contribution in [0.1, 0.15) is 56.1 Å². The first-order valence-electron chi connectivity index (χ1n) is 10.4. The maximum absolute atomic E-state index is 4.73. The smallest absolute Gasteiger partial charge is 0.137 e. The molecule has 3 aromatic rings. The van der Waals surface area contributed by atoms with Gasteiger partial charge in [0.15, 0.2) is 0 Å². The van der Waals surface area contributed by atoms with E-state index < -0.39 is 0 Å². The van der Waals surface area contributed by atoms with Crippen molar-refractivity contribution in [2.75, 3.05) is 0 Å². The summed E-state index contributed by atoms with van der Waals surface area (Å²) >= 11 is 0. The third-order valence-corrected chi connectivity index (χ3v) is 5.73. The van der Waals surface area contributed by atoms with E-state index in [0.717, 1.165) is 24.7 Å². The van der Waals surface area contributed by atoms with E-state index in [9.17, 15) is 0 Å². The number of hydrogen-bond donors (Lipinski definition) is 1. The molecule has 6 heteroatoms. The van der Waals surface area contributed by atoms with Crippen molar-refractivity contribution in [1.29, 1.82) is 0 Å². The lowest BCUT2D eigenvalue weighted by Crippen LogP contribution is -2.30. The van der Waals surface area contributed by atoms with Crippen LogP contribution in [-0.2, 0) is 20.1 Å². The summed E-state index contributed by atoms with van der Waals surface area (Å²) in [6.07, 6.45) is 12.2. The second kappa shape index (κ2) is 8.69. The number of nitrogens with one attached hydrogen (secondary N) is 1. The van der Waals surface area contributed by atoms with E-state index in [1.165, 1.54) is 48.8 Å². The Morgan fingerprint density at radius 3 is 2.64 bits per heavy atom. The van der Waals surface area contributed by atoms with Crippen LogP contribution >= 0.6 is 0 Å². The van der Waals surface area contributed by atoms with Crippen LogP contribution in [0, 0.1) is 0 Å². The highest BCUT2D eigenvalue weighted by Gasteiger charge is 2.16. The fourth-order valence-corrected chi connectivity index (χ4v) is 4.22. The van der Waals surface area contributed by atoms with Crippen LogP contribution in [-0.4, -0.2) is 30.6 Å². The van der Waals surface area contributed by atoms with Gasteiger partial charge in [0.25, 0.3) is 0 Å². The fraction of sp³-hybridized carbons (Fsp3) is 0.500. The molecular weight excluding hydrogens is 348 g/mol. The molecule has 0 amide bonds. The Bertz CT molecular complexity index is 859. The van der Waals surface area contributed by atoms with Crippen molar-refractivity contribution in [3.63, 3.8) is 0 Å². The van der Waals surface area contributed by atoms with Crippen molar-refractivity contribution in [2.24, 2.45) is 7.05 Å². The van der Waals surface area contributed by atoms with Gasteiger partial charge >= 0.3 is 0 Å². The van der Waals surface area contributed by atoms with Crippen LogP contribution in [0.5, 0.6) is 0 Å². The number of benzene rings is 1. The Morgan fingerprint density at radius 1 is 1.14 bits per heavy atom. The molecule has 1 aliphatic carbocycles. The molecule has 28 heavy (non-hydrogen) atoms. The van der Waals surface area contributed by atoms with Crippen LogP contribution in [0.15, 0.2) is 43.1 Å². The molecule has 1 aliphatic rings. The lowest BCUT2D eigenvalue weighted by atomic mass is 9.84. The molecule has 0 unspecified atom stereocenters. The lowest BCUT2D eigenvalue weighted by molar-refractivity contribution is 0.443. The minimum absolute atomic E-state index is 0.295. The quantitative estimate of drug-likeness (QED) is 0.677. The van der Waals surface area contributed by atoms with Gasteiger partial charge in [0, 0.05) is 37.0 Å². The standard InChI is InChI=1S/C22H30N6/c1-17(13-28-16-23-15-25-28)24-12-21-14-27(2)26-22(21)20-10-8-19(9-11-20)18-6-4-3-5-7-18/h8-11,14-18,24H,3-7,12-13H2,1-2H3/t17-/m1/s1. The Balaban J connectivity index is 1.43. The number of rotatable bonds is 7. The lowest BCUT2D eigenvalue weighted by Gasteiger charge is -2.22. The summed E-state index contributed by atoms with van der Waals surface area (Å²) in [6, 6.07) is 9.40. The molecule has 0 spiro atoms. The van der Waals surface area contributed by atoms with Gasteiger partial charge in [-0.2, -0.15) is 10.2 Å². The number of hydrogen-bond acceptors (Lipinski definition) is 4. The maximum atomic E-state index is 4.73. The molecule has 1 atom stereocenters. The van der Waals surface area contributed by atoms with Gasteiger partial charge in [0.2, 0.25) is 0 Å². The van der Waals surface area contributed by atoms with Gasteiger partial charge in [-0.25, -0.2) is 4.98 Å². The zero-order valence-electron chi connectivity index (χ0n) is 16.9. The van der Waals surface area contributed by atoms with Gasteiger partial charge in [0.1, 0.15) is 12.7 Å². The van der Waals surface area contributed by atoms with Crippen molar-refractivity contribution >= 4 is 0 Å². The van der Waals surface area contributed by atoms with E-state index in [4.69, 9.17) is 5.10 Å². The first kappa shape index (κ1) is 18.9. The van der Waals surface area contributed by atoms with Crippen molar-refractivity contribution < 1.29 is 0 Å². The van der Waals surface area contributed by atoms with Crippen molar-refractivity contribution in [3.8, 4) is 11.3 Å². The molecule has 1 fully saturated rings. The zero-order chi connectivity index (χ0) is 19.3. The normalized spacial score (nSPS) is 16.4. The summed E-state index contributed by atoms with van der Waals surface area (Å²) in [4.78, 5) is 4.00. The summed E-state index contributed by atoms with van der Waals surface area (Å²) in [5, 5.41) is 12.5. The third-order valence-electron chi connectivity index (χ3n) is 5.73. The first-order chi connectivity index (χ1) is 13.7. The molecule has 2 heterocycles. The second-order valence-corrected chi connectivity index (χ2v) is 8.03. The van der Waals surface area contributed by atoms with Crippen molar-refractivity contribution in [2.45, 2.75) is 64.1 Å².